The summed E-state index contributed by atoms with van der Waals surface area (Å²) < 4.78 is 17.9. The Kier molecular flexibility index (Phi) is 5.34. The molecule has 1 aliphatic heterocycles. The number of nitrogens with zero attached hydrogens (tertiary/aromatic N) is 3. The predicted octanol–water partition coefficient (Wildman–Crippen LogP) is 1.81. The lowest BCUT2D eigenvalue weighted by Gasteiger charge is -2.16. The number of benzene rings is 1. The lowest BCUT2D eigenvalue weighted by atomic mass is 10.1. The predicted molar refractivity (Wildman–Crippen MR) is 89.2 cm³/mol. The maximum atomic E-state index is 13.0. The molecule has 1 aromatic heterocycles. The van der Waals surface area contributed by atoms with Crippen LogP contribution in [0.25, 0.3) is 0 Å². The maximum Gasteiger partial charge on any atom is 0.231 e. The average Bonchev–Trinajstić information content (AvgIpc) is 3.17. The molecule has 0 unspecified atom stereocenters. The van der Waals surface area contributed by atoms with E-state index in [2.05, 4.69) is 15.5 Å². The fourth-order valence-corrected chi connectivity index (χ4v) is 3.32. The highest BCUT2D eigenvalue weighted by Crippen LogP contribution is 2.23. The van der Waals surface area contributed by atoms with Gasteiger partial charge in [0.25, 0.3) is 0 Å². The van der Waals surface area contributed by atoms with Crippen molar-refractivity contribution in [1.29, 1.82) is 0 Å². The van der Waals surface area contributed by atoms with Crippen LogP contribution in [0.2, 0.25) is 0 Å². The third kappa shape index (κ3) is 4.37. The Bertz CT molecular complexity index is 765. The molecule has 0 bridgehead atoms. The Labute approximate surface area is 147 Å². The van der Waals surface area contributed by atoms with Crippen LogP contribution in [0.5, 0.6) is 0 Å². The molecule has 2 amide bonds. The first kappa shape index (κ1) is 17.4. The monoisotopic (exact) mass is 364 g/mol. The number of amides is 2. The molecule has 3 rings (SSSR count). The number of methoxy groups -OCH3 is 1. The molecule has 1 aliphatic rings. The van der Waals surface area contributed by atoms with E-state index in [4.69, 9.17) is 4.74 Å². The zero-order valence-corrected chi connectivity index (χ0v) is 14.4. The van der Waals surface area contributed by atoms with Gasteiger partial charge in [-0.15, -0.1) is 10.2 Å². The second-order valence-corrected chi connectivity index (χ2v) is 6.79. The number of anilines is 1. The van der Waals surface area contributed by atoms with E-state index in [9.17, 15) is 14.0 Å². The summed E-state index contributed by atoms with van der Waals surface area (Å²) in [6.07, 6.45) is 0.150. The number of carbonyl (C=O) groups excluding carboxylic acids is 2. The molecule has 1 fully saturated rings. The fraction of sp³-hybridized carbons (Fsp3) is 0.375. The van der Waals surface area contributed by atoms with Crippen molar-refractivity contribution < 1.29 is 18.7 Å². The van der Waals surface area contributed by atoms with Crippen molar-refractivity contribution >= 4 is 28.3 Å². The lowest BCUT2D eigenvalue weighted by molar-refractivity contribution is -0.128. The summed E-state index contributed by atoms with van der Waals surface area (Å²) in [6, 6.07) is 5.98. The van der Waals surface area contributed by atoms with E-state index in [1.807, 2.05) is 0 Å². The van der Waals surface area contributed by atoms with Crippen molar-refractivity contribution in [3.63, 3.8) is 0 Å². The smallest absolute Gasteiger partial charge is 0.231 e. The fourth-order valence-electron chi connectivity index (χ4n) is 2.60. The number of nitrogens with one attached hydrogen (secondary N) is 1. The van der Waals surface area contributed by atoms with Gasteiger partial charge in [-0.1, -0.05) is 23.5 Å². The molecule has 0 spiro atoms. The number of carbonyl (C=O) groups is 2. The summed E-state index contributed by atoms with van der Waals surface area (Å²) in [4.78, 5) is 26.1. The minimum atomic E-state index is -0.442. The van der Waals surface area contributed by atoms with E-state index >= 15 is 0 Å². The lowest BCUT2D eigenvalue weighted by Crippen LogP contribution is -2.28. The van der Waals surface area contributed by atoms with Crippen molar-refractivity contribution in [2.24, 2.45) is 5.92 Å². The molecule has 7 nitrogen and oxygen atoms in total. The average molecular weight is 364 g/mol. The maximum absolute atomic E-state index is 13.0. The van der Waals surface area contributed by atoms with Crippen molar-refractivity contribution in [2.75, 3.05) is 19.0 Å². The highest BCUT2D eigenvalue weighted by molar-refractivity contribution is 7.15. The van der Waals surface area contributed by atoms with Gasteiger partial charge < -0.3 is 15.0 Å². The number of likely N-dealkylation sites (tertiary alicyclic amines) is 1. The first-order valence-electron chi connectivity index (χ1n) is 7.69. The summed E-state index contributed by atoms with van der Waals surface area (Å²) in [5.74, 6) is -1.11. The Morgan fingerprint density at radius 2 is 2.16 bits per heavy atom. The molecular formula is C16H17FN4O3S. The largest absolute Gasteiger partial charge is 0.377 e. The second kappa shape index (κ2) is 7.66. The first-order chi connectivity index (χ1) is 12.0. The highest BCUT2D eigenvalue weighted by atomic mass is 32.1. The first-order valence-corrected chi connectivity index (χ1v) is 8.51. The zero-order chi connectivity index (χ0) is 17.8. The minimum Gasteiger partial charge on any atom is -0.377 e. The molecule has 1 aromatic carbocycles. The summed E-state index contributed by atoms with van der Waals surface area (Å²) in [5.41, 5.74) is 0.823. The summed E-state index contributed by atoms with van der Waals surface area (Å²) >= 11 is 1.24. The topological polar surface area (TPSA) is 84.4 Å². The Hall–Kier alpha value is -2.39. The van der Waals surface area contributed by atoms with Crippen LogP contribution in [0, 0.1) is 11.7 Å². The van der Waals surface area contributed by atoms with Crippen molar-refractivity contribution in [3.05, 3.63) is 40.7 Å². The van der Waals surface area contributed by atoms with Gasteiger partial charge in [-0.05, 0) is 17.7 Å². The number of ether oxygens (including phenoxy) is 1. The second-order valence-electron chi connectivity index (χ2n) is 5.72. The van der Waals surface area contributed by atoms with Gasteiger partial charge in [0.2, 0.25) is 16.9 Å². The number of aromatic nitrogens is 2. The molecule has 0 saturated carbocycles. The van der Waals surface area contributed by atoms with Gasteiger partial charge in [-0.3, -0.25) is 9.59 Å². The van der Waals surface area contributed by atoms with E-state index in [-0.39, 0.29) is 24.1 Å². The van der Waals surface area contributed by atoms with Gasteiger partial charge >= 0.3 is 0 Å². The van der Waals surface area contributed by atoms with Gasteiger partial charge in [0.05, 0.1) is 5.92 Å². The van der Waals surface area contributed by atoms with E-state index in [0.29, 0.717) is 29.8 Å². The van der Waals surface area contributed by atoms with Gasteiger partial charge in [0.15, 0.2) is 0 Å². The molecule has 2 aromatic rings. The Balaban J connectivity index is 1.57. The van der Waals surface area contributed by atoms with Gasteiger partial charge in [-0.25, -0.2) is 4.39 Å². The quantitative estimate of drug-likeness (QED) is 0.845. The molecule has 0 radical (unpaired) electrons. The van der Waals surface area contributed by atoms with Crippen LogP contribution in [0.1, 0.15) is 17.0 Å². The van der Waals surface area contributed by atoms with Gasteiger partial charge in [0, 0.05) is 26.6 Å². The number of hydrogen-bond donors (Lipinski definition) is 1. The normalized spacial score (nSPS) is 17.1. The molecule has 132 valence electrons. The standard InChI is InChI=1S/C16H17FN4O3S/c1-24-9-13-19-20-16(25-13)18-15(23)11-6-14(22)21(8-11)7-10-2-4-12(17)5-3-10/h2-5,11H,6-9H2,1H3,(H,18,20,23)/t11-/m0/s1. The third-order valence-corrected chi connectivity index (χ3v) is 4.65. The van der Waals surface area contributed by atoms with E-state index in [1.54, 1.807) is 24.1 Å². The van der Waals surface area contributed by atoms with Gasteiger partial charge in [0.1, 0.15) is 17.4 Å². The molecule has 1 N–H and O–H groups in total. The summed E-state index contributed by atoms with van der Waals surface area (Å²) in [6.45, 7) is 1.02. The third-order valence-electron chi connectivity index (χ3n) is 3.84. The molecule has 25 heavy (non-hydrogen) atoms. The zero-order valence-electron chi connectivity index (χ0n) is 13.6. The van der Waals surface area contributed by atoms with Crippen molar-refractivity contribution in [3.8, 4) is 0 Å². The van der Waals surface area contributed by atoms with Crippen molar-refractivity contribution in [1.82, 2.24) is 15.1 Å². The molecular weight excluding hydrogens is 347 g/mol. The molecule has 9 heteroatoms. The van der Waals surface area contributed by atoms with Gasteiger partial charge in [-0.2, -0.15) is 0 Å². The van der Waals surface area contributed by atoms with E-state index in [0.717, 1.165) is 5.56 Å². The number of rotatable bonds is 6. The summed E-state index contributed by atoms with van der Waals surface area (Å²) in [5, 5.41) is 11.5. The van der Waals surface area contributed by atoms with Crippen LogP contribution in [0.15, 0.2) is 24.3 Å². The minimum absolute atomic E-state index is 0.0955. The van der Waals surface area contributed by atoms with Crippen LogP contribution in [-0.2, 0) is 27.5 Å². The summed E-state index contributed by atoms with van der Waals surface area (Å²) in [7, 11) is 1.56. The molecule has 0 aliphatic carbocycles. The van der Waals surface area contributed by atoms with Crippen LogP contribution in [0.4, 0.5) is 9.52 Å². The van der Waals surface area contributed by atoms with Crippen LogP contribution in [0.3, 0.4) is 0 Å². The number of halogens is 1. The highest BCUT2D eigenvalue weighted by Gasteiger charge is 2.34. The molecule has 1 saturated heterocycles. The Morgan fingerprint density at radius 3 is 2.88 bits per heavy atom. The van der Waals surface area contributed by atoms with Crippen LogP contribution in [-0.4, -0.2) is 40.6 Å². The SMILES string of the molecule is COCc1nnc(NC(=O)[C@H]2CC(=O)N(Cc3ccc(F)cc3)C2)s1. The molecule has 1 atom stereocenters. The van der Waals surface area contributed by atoms with Crippen molar-refractivity contribution in [2.45, 2.75) is 19.6 Å². The van der Waals surface area contributed by atoms with E-state index < -0.39 is 5.92 Å². The number of hydrogen-bond acceptors (Lipinski definition) is 6. The van der Waals surface area contributed by atoms with E-state index in [1.165, 1.54) is 23.5 Å². The Morgan fingerprint density at radius 1 is 1.40 bits per heavy atom. The molecule has 2 heterocycles. The van der Waals surface area contributed by atoms with Crippen LogP contribution >= 0.6 is 11.3 Å². The van der Waals surface area contributed by atoms with Crippen LogP contribution < -0.4 is 5.32 Å².